The van der Waals surface area contributed by atoms with Crippen LogP contribution in [0.5, 0.6) is 5.88 Å². The third kappa shape index (κ3) is 4.71. The number of anilines is 1. The fourth-order valence-electron chi connectivity index (χ4n) is 3.36. The molecule has 0 bridgehead atoms. The lowest BCUT2D eigenvalue weighted by molar-refractivity contribution is -0.0885. The highest BCUT2D eigenvalue weighted by molar-refractivity contribution is 6.00. The zero-order valence-electron chi connectivity index (χ0n) is 17.5. The minimum absolute atomic E-state index is 0.157. The van der Waals surface area contributed by atoms with E-state index in [1.54, 1.807) is 0 Å². The summed E-state index contributed by atoms with van der Waals surface area (Å²) in [6.07, 6.45) is -6.07. The molecule has 0 amide bonds. The van der Waals surface area contributed by atoms with Gasteiger partial charge in [-0.1, -0.05) is 0 Å². The Balaban J connectivity index is 1.60. The number of carbonyl (C=O) groups excluding carboxylic acids is 1. The van der Waals surface area contributed by atoms with Crippen molar-refractivity contribution in [2.45, 2.75) is 18.2 Å². The second kappa shape index (κ2) is 8.65. The van der Waals surface area contributed by atoms with E-state index in [9.17, 15) is 45.5 Å². The molecule has 0 radical (unpaired) electrons. The molecule has 1 fully saturated rings. The summed E-state index contributed by atoms with van der Waals surface area (Å²) in [5, 5.41) is 5.70. The zero-order valence-corrected chi connectivity index (χ0v) is 17.5. The van der Waals surface area contributed by atoms with E-state index in [-0.39, 0.29) is 23.0 Å². The van der Waals surface area contributed by atoms with E-state index in [4.69, 9.17) is 4.74 Å². The highest BCUT2D eigenvalue weighted by Gasteiger charge is 2.51. The van der Waals surface area contributed by atoms with Gasteiger partial charge in [-0.25, -0.2) is 28.0 Å². The average molecular weight is 518 g/mol. The maximum Gasteiger partial charge on any atom is 0.454 e. The molecule has 36 heavy (non-hydrogen) atoms. The lowest BCUT2D eigenvalue weighted by atomic mass is 10.2. The second-order valence-electron chi connectivity index (χ2n) is 7.54. The smallest absolute Gasteiger partial charge is 0.454 e. The van der Waals surface area contributed by atoms with Gasteiger partial charge in [0.25, 0.3) is 22.8 Å². The van der Waals surface area contributed by atoms with E-state index in [1.165, 1.54) is 0 Å². The first kappa shape index (κ1) is 24.7. The first-order valence-corrected chi connectivity index (χ1v) is 9.75. The fraction of sp³-hybridized carbons (Fsp3) is 0.263. The number of hydrogen-bond acceptors (Lipinski definition) is 8. The molecule has 17 heteroatoms. The number of pyridine rings is 1. The Morgan fingerprint density at radius 1 is 1.17 bits per heavy atom. The molecular formula is C19H12F6N6O5. The van der Waals surface area contributed by atoms with Gasteiger partial charge in [0.1, 0.15) is 5.69 Å². The van der Waals surface area contributed by atoms with Crippen LogP contribution in [0, 0.1) is 5.82 Å². The zero-order chi connectivity index (χ0) is 26.4. The van der Waals surface area contributed by atoms with Gasteiger partial charge < -0.3 is 14.6 Å². The Kier molecular flexibility index (Phi) is 5.93. The van der Waals surface area contributed by atoms with Gasteiger partial charge in [-0.05, 0) is 12.1 Å². The summed E-state index contributed by atoms with van der Waals surface area (Å²) in [6, 6.07) is 1.17. The second-order valence-corrected chi connectivity index (χ2v) is 7.54. The number of nitrogens with zero attached hydrogens (tertiary/aromatic N) is 3. The van der Waals surface area contributed by atoms with Crippen molar-refractivity contribution in [3.63, 3.8) is 0 Å². The summed E-state index contributed by atoms with van der Waals surface area (Å²) < 4.78 is 85.9. The molecule has 3 aromatic heterocycles. The van der Waals surface area contributed by atoms with Gasteiger partial charge in [-0.3, -0.25) is 19.4 Å². The minimum Gasteiger partial charge on any atom is -0.464 e. The molecule has 1 unspecified atom stereocenters. The topological polar surface area (TPSA) is 154 Å². The Morgan fingerprint density at radius 2 is 1.89 bits per heavy atom. The molecule has 0 aromatic carbocycles. The Hall–Kier alpha value is -4.44. The van der Waals surface area contributed by atoms with Crippen molar-refractivity contribution in [1.82, 2.24) is 25.1 Å². The summed E-state index contributed by atoms with van der Waals surface area (Å²) >= 11 is 0. The van der Waals surface area contributed by atoms with Crippen molar-refractivity contribution in [3.8, 4) is 17.1 Å². The summed E-state index contributed by atoms with van der Waals surface area (Å²) in [5.74, 6) is -8.74. The molecule has 4 heterocycles. The van der Waals surface area contributed by atoms with Crippen LogP contribution in [0.4, 0.5) is 32.0 Å². The largest absolute Gasteiger partial charge is 0.464 e. The molecule has 11 nitrogen and oxygen atoms in total. The third-order valence-corrected chi connectivity index (χ3v) is 5.06. The number of alkyl halides is 5. The van der Waals surface area contributed by atoms with Gasteiger partial charge in [-0.2, -0.15) is 18.3 Å². The van der Waals surface area contributed by atoms with Crippen molar-refractivity contribution in [1.29, 1.82) is 0 Å². The number of ether oxygens (including phenoxy) is 1. The van der Waals surface area contributed by atoms with E-state index in [0.29, 0.717) is 6.20 Å². The maximum absolute atomic E-state index is 14.6. The van der Waals surface area contributed by atoms with Gasteiger partial charge in [0.15, 0.2) is 11.9 Å². The first-order valence-electron chi connectivity index (χ1n) is 9.75. The van der Waals surface area contributed by atoms with Gasteiger partial charge in [0.05, 0.1) is 24.3 Å². The standard InChI is InChI=1S/C19H12F6N6O5/c20-9-1-7(13(32)19(23,24)25)3-26-16(9)36-12-5-31(6-18(12,21)22)11-2-10(29-30-15(11)34)8-4-27-17(35)28-14(8)33/h1-4,12H,5-6H2,(H,30,34)(H2,27,28,33,35). The molecule has 0 saturated carbocycles. The van der Waals surface area contributed by atoms with Crippen LogP contribution in [0.2, 0.25) is 0 Å². The van der Waals surface area contributed by atoms with Crippen LogP contribution in [0.15, 0.2) is 38.9 Å². The van der Waals surface area contributed by atoms with E-state index in [0.717, 1.165) is 17.2 Å². The molecule has 190 valence electrons. The Bertz CT molecular complexity index is 1510. The highest BCUT2D eigenvalue weighted by Crippen LogP contribution is 2.34. The lowest BCUT2D eigenvalue weighted by Gasteiger charge is -2.18. The minimum atomic E-state index is -5.30. The van der Waals surface area contributed by atoms with Crippen LogP contribution >= 0.6 is 0 Å². The van der Waals surface area contributed by atoms with Gasteiger partial charge in [0.2, 0.25) is 0 Å². The van der Waals surface area contributed by atoms with Crippen molar-refractivity contribution < 1.29 is 35.9 Å². The van der Waals surface area contributed by atoms with Crippen molar-refractivity contribution in [3.05, 3.63) is 67.1 Å². The summed E-state index contributed by atoms with van der Waals surface area (Å²) in [4.78, 5) is 54.8. The van der Waals surface area contributed by atoms with Crippen LogP contribution in [-0.4, -0.2) is 62.2 Å². The molecule has 1 atom stereocenters. The predicted molar refractivity (Wildman–Crippen MR) is 108 cm³/mol. The number of H-pyrrole nitrogens is 3. The number of rotatable bonds is 5. The highest BCUT2D eigenvalue weighted by atomic mass is 19.4. The normalized spacial score (nSPS) is 17.3. The molecule has 0 spiro atoms. The van der Waals surface area contributed by atoms with Crippen LogP contribution < -0.4 is 26.4 Å². The van der Waals surface area contributed by atoms with Crippen molar-refractivity contribution >= 4 is 11.5 Å². The molecule has 3 aromatic rings. The van der Waals surface area contributed by atoms with E-state index >= 15 is 0 Å². The summed E-state index contributed by atoms with van der Waals surface area (Å²) in [7, 11) is 0. The van der Waals surface area contributed by atoms with Crippen molar-refractivity contribution in [2.75, 3.05) is 18.0 Å². The number of Topliss-reactive ketones (excluding diaryl/α,β-unsaturated/α-hetero) is 1. The molecule has 0 aliphatic carbocycles. The fourth-order valence-corrected chi connectivity index (χ4v) is 3.36. The number of hydrogen-bond donors (Lipinski definition) is 3. The number of aromatic nitrogens is 5. The van der Waals surface area contributed by atoms with E-state index < -0.39 is 71.1 Å². The monoisotopic (exact) mass is 518 g/mol. The molecule has 1 aliphatic heterocycles. The van der Waals surface area contributed by atoms with Crippen LogP contribution in [0.3, 0.4) is 0 Å². The molecule has 4 rings (SSSR count). The lowest BCUT2D eigenvalue weighted by Crippen LogP contribution is -2.37. The maximum atomic E-state index is 14.6. The van der Waals surface area contributed by atoms with E-state index in [1.807, 2.05) is 10.1 Å². The molecular weight excluding hydrogens is 506 g/mol. The number of aromatic amines is 3. The Morgan fingerprint density at radius 3 is 2.53 bits per heavy atom. The van der Waals surface area contributed by atoms with E-state index in [2.05, 4.69) is 15.1 Å². The van der Waals surface area contributed by atoms with Gasteiger partial charge in [-0.15, -0.1) is 0 Å². The third-order valence-electron chi connectivity index (χ3n) is 5.06. The van der Waals surface area contributed by atoms with Gasteiger partial charge in [0, 0.05) is 18.0 Å². The van der Waals surface area contributed by atoms with Gasteiger partial charge >= 0.3 is 17.8 Å². The van der Waals surface area contributed by atoms with Crippen LogP contribution in [0.25, 0.3) is 11.3 Å². The van der Waals surface area contributed by atoms with Crippen molar-refractivity contribution in [2.24, 2.45) is 0 Å². The van der Waals surface area contributed by atoms with Crippen LogP contribution in [0.1, 0.15) is 10.4 Å². The number of carbonyl (C=O) groups is 1. The number of nitrogens with one attached hydrogen (secondary N) is 3. The quantitative estimate of drug-likeness (QED) is 0.334. The van der Waals surface area contributed by atoms with Crippen LogP contribution in [-0.2, 0) is 0 Å². The summed E-state index contributed by atoms with van der Waals surface area (Å²) in [5.41, 5.74) is -4.49. The molecule has 1 aliphatic rings. The number of halogens is 6. The number of ketones is 1. The Labute approximate surface area is 193 Å². The first-order chi connectivity index (χ1) is 16.8. The SMILES string of the molecule is O=C(c1cnc(OC2CN(c3cc(-c4c[nH]c(=O)[nH]c4=O)n[nH]c3=O)CC2(F)F)c(F)c1)C(F)(F)F. The predicted octanol–water partition coefficient (Wildman–Crippen LogP) is 0.995. The molecule has 3 N–H and O–H groups in total. The average Bonchev–Trinajstić information content (AvgIpc) is 3.08. The molecule has 1 saturated heterocycles. The summed E-state index contributed by atoms with van der Waals surface area (Å²) in [6.45, 7) is -1.80.